The van der Waals surface area contributed by atoms with Crippen molar-refractivity contribution in [2.45, 2.75) is 108 Å². The summed E-state index contributed by atoms with van der Waals surface area (Å²) in [5, 5.41) is 11.9. The number of amides is 1. The first-order chi connectivity index (χ1) is 20.6. The number of rotatable bonds is 6. The lowest BCUT2D eigenvalue weighted by molar-refractivity contribution is -0.137. The number of hydrogen-bond acceptors (Lipinski definition) is 3. The van der Waals surface area contributed by atoms with Gasteiger partial charge in [-0.05, 0) is 81.0 Å². The number of hydrogen-bond donors (Lipinski definition) is 2. The molecule has 8 heteroatoms. The number of halogens is 3. The fourth-order valence-corrected chi connectivity index (χ4v) is 8.19. The lowest BCUT2D eigenvalue weighted by Crippen LogP contribution is -2.57. The first kappa shape index (κ1) is 29.8. The van der Waals surface area contributed by atoms with E-state index in [1.807, 2.05) is 22.9 Å². The Labute approximate surface area is 252 Å². The van der Waals surface area contributed by atoms with Crippen molar-refractivity contribution in [2.75, 3.05) is 5.32 Å². The summed E-state index contributed by atoms with van der Waals surface area (Å²) in [6, 6.07) is 15.9. The van der Waals surface area contributed by atoms with E-state index in [1.54, 1.807) is 18.3 Å². The van der Waals surface area contributed by atoms with Crippen molar-refractivity contribution >= 4 is 11.7 Å². The van der Waals surface area contributed by atoms with Gasteiger partial charge in [0.1, 0.15) is 11.4 Å². The summed E-state index contributed by atoms with van der Waals surface area (Å²) in [6.45, 7) is 4.27. The highest BCUT2D eigenvalue weighted by atomic mass is 19.4. The summed E-state index contributed by atoms with van der Waals surface area (Å²) in [6.07, 6.45) is 8.40. The lowest BCUT2D eigenvalue weighted by Gasteiger charge is -2.50. The highest BCUT2D eigenvalue weighted by Gasteiger charge is 2.49. The van der Waals surface area contributed by atoms with Crippen LogP contribution in [-0.4, -0.2) is 15.7 Å². The van der Waals surface area contributed by atoms with E-state index < -0.39 is 17.3 Å². The molecule has 3 aromatic rings. The van der Waals surface area contributed by atoms with Crippen LogP contribution in [0.3, 0.4) is 0 Å². The van der Waals surface area contributed by atoms with E-state index >= 15 is 0 Å². The number of fused-ring (bicyclic) bond motifs is 1. The molecule has 2 aliphatic carbocycles. The Balaban J connectivity index is 1.42. The number of carbonyl (C=O) groups excluding carboxylic acids is 1. The first-order valence-corrected chi connectivity index (χ1v) is 16.0. The maximum atomic E-state index is 14.5. The van der Waals surface area contributed by atoms with E-state index in [1.165, 1.54) is 12.1 Å². The third-order valence-corrected chi connectivity index (χ3v) is 10.3. The minimum absolute atomic E-state index is 0.0170. The Hall–Kier alpha value is -3.29. The molecule has 2 fully saturated rings. The summed E-state index contributed by atoms with van der Waals surface area (Å²) in [7, 11) is 0. The van der Waals surface area contributed by atoms with Gasteiger partial charge in [-0.15, -0.1) is 0 Å². The van der Waals surface area contributed by atoms with Gasteiger partial charge in [0.25, 0.3) is 5.91 Å². The zero-order valence-corrected chi connectivity index (χ0v) is 25.2. The van der Waals surface area contributed by atoms with Crippen LogP contribution in [0.1, 0.15) is 118 Å². The molecule has 5 nitrogen and oxygen atoms in total. The molecular weight excluding hydrogens is 549 g/mol. The van der Waals surface area contributed by atoms with Crippen LogP contribution in [0.4, 0.5) is 19.0 Å². The first-order valence-electron chi connectivity index (χ1n) is 16.0. The van der Waals surface area contributed by atoms with Crippen LogP contribution < -0.4 is 10.6 Å². The van der Waals surface area contributed by atoms with Gasteiger partial charge in [0.15, 0.2) is 0 Å². The molecule has 1 aromatic heterocycles. The van der Waals surface area contributed by atoms with Gasteiger partial charge in [0.2, 0.25) is 0 Å². The molecule has 0 saturated heterocycles. The lowest BCUT2D eigenvalue weighted by atomic mass is 9.61. The Morgan fingerprint density at radius 3 is 1.98 bits per heavy atom. The van der Waals surface area contributed by atoms with Crippen LogP contribution in [0.25, 0.3) is 0 Å². The fourth-order valence-electron chi connectivity index (χ4n) is 8.19. The van der Waals surface area contributed by atoms with Crippen molar-refractivity contribution in [1.29, 1.82) is 0 Å². The highest BCUT2D eigenvalue weighted by molar-refractivity contribution is 5.99. The molecule has 2 aromatic carbocycles. The predicted octanol–water partition coefficient (Wildman–Crippen LogP) is 8.98. The summed E-state index contributed by atoms with van der Waals surface area (Å²) in [5.74, 6) is 0.779. The summed E-state index contributed by atoms with van der Waals surface area (Å²) in [4.78, 5) is 14.5. The second-order valence-corrected chi connectivity index (χ2v) is 13.5. The second kappa shape index (κ2) is 11.7. The average molecular weight is 593 g/mol. The van der Waals surface area contributed by atoms with E-state index in [0.717, 1.165) is 81.8 Å². The van der Waals surface area contributed by atoms with Crippen LogP contribution in [0, 0.1) is 11.8 Å². The van der Waals surface area contributed by atoms with Gasteiger partial charge < -0.3 is 10.6 Å². The van der Waals surface area contributed by atoms with Crippen molar-refractivity contribution in [3.05, 3.63) is 83.0 Å². The molecule has 230 valence electrons. The van der Waals surface area contributed by atoms with Gasteiger partial charge >= 0.3 is 6.18 Å². The molecule has 1 atom stereocenters. The van der Waals surface area contributed by atoms with Gasteiger partial charge in [-0.1, -0.05) is 81.0 Å². The average Bonchev–Trinajstić information content (AvgIpc) is 3.46. The minimum atomic E-state index is -4.41. The molecule has 43 heavy (non-hydrogen) atoms. The summed E-state index contributed by atoms with van der Waals surface area (Å²) < 4.78 is 42.8. The molecule has 0 radical (unpaired) electrons. The van der Waals surface area contributed by atoms with Crippen molar-refractivity contribution in [3.63, 3.8) is 0 Å². The highest BCUT2D eigenvalue weighted by Crippen LogP contribution is 2.50. The number of alkyl halides is 3. The molecule has 6 rings (SSSR count). The topological polar surface area (TPSA) is 59.0 Å². The molecule has 0 spiro atoms. The van der Waals surface area contributed by atoms with Crippen molar-refractivity contribution in [2.24, 2.45) is 11.8 Å². The minimum Gasteiger partial charge on any atom is -0.363 e. The fraction of sp³-hybridized carbons (Fsp3) is 0.543. The van der Waals surface area contributed by atoms with E-state index in [9.17, 15) is 18.0 Å². The molecule has 2 heterocycles. The zero-order chi connectivity index (χ0) is 30.2. The number of benzene rings is 2. The van der Waals surface area contributed by atoms with Crippen LogP contribution >= 0.6 is 0 Å². The van der Waals surface area contributed by atoms with Crippen LogP contribution in [0.2, 0.25) is 0 Å². The maximum absolute atomic E-state index is 14.5. The zero-order valence-electron chi connectivity index (χ0n) is 25.2. The maximum Gasteiger partial charge on any atom is 0.416 e. The summed E-state index contributed by atoms with van der Waals surface area (Å²) in [5.41, 5.74) is 0.697. The van der Waals surface area contributed by atoms with Crippen molar-refractivity contribution in [3.8, 4) is 0 Å². The summed E-state index contributed by atoms with van der Waals surface area (Å²) >= 11 is 0. The quantitative estimate of drug-likeness (QED) is 0.300. The smallest absolute Gasteiger partial charge is 0.363 e. The van der Waals surface area contributed by atoms with Gasteiger partial charge in [0, 0.05) is 0 Å². The predicted molar refractivity (Wildman–Crippen MR) is 163 cm³/mol. The van der Waals surface area contributed by atoms with Crippen LogP contribution in [0.5, 0.6) is 0 Å². The molecule has 1 amide bonds. The third kappa shape index (κ3) is 5.69. The second-order valence-electron chi connectivity index (χ2n) is 13.5. The Morgan fingerprint density at radius 2 is 1.42 bits per heavy atom. The van der Waals surface area contributed by atoms with E-state index in [2.05, 4.69) is 36.6 Å². The van der Waals surface area contributed by atoms with E-state index in [4.69, 9.17) is 5.10 Å². The molecular formula is C35H43F3N4O. The normalized spacial score (nSPS) is 21.6. The van der Waals surface area contributed by atoms with Crippen molar-refractivity contribution < 1.29 is 18.0 Å². The largest absolute Gasteiger partial charge is 0.416 e. The third-order valence-electron chi connectivity index (χ3n) is 10.3. The Kier molecular flexibility index (Phi) is 8.07. The number of nitrogens with zero attached hydrogens (tertiary/aromatic N) is 2. The number of aromatic nitrogens is 2. The molecule has 1 aliphatic heterocycles. The van der Waals surface area contributed by atoms with Gasteiger partial charge in [0.05, 0.1) is 28.9 Å². The standard InChI is InChI=1S/C35H43F3N4O/c1-33(2)22-30(24-12-6-3-7-13-24)40-31-29(23-39-42(31)33)32(43)41-34(25-14-8-4-9-15-25,26-16-10-5-11-17-26)27-18-20-28(21-19-27)35(36,37)38/h3,6-7,12-13,18-21,23,25-26,30,40H,4-5,8-11,14-17,22H2,1-2H3,(H,41,43). The Bertz CT molecular complexity index is 1380. The SMILES string of the molecule is CC1(C)CC(c2ccccc2)Nc2c(C(=O)NC(c3ccc(C(F)(F)F)cc3)(C3CCCCC3)C3CCCCC3)cnn21. The van der Waals surface area contributed by atoms with Crippen LogP contribution in [0.15, 0.2) is 60.8 Å². The van der Waals surface area contributed by atoms with Gasteiger partial charge in [-0.25, -0.2) is 4.68 Å². The molecule has 2 N–H and O–H groups in total. The van der Waals surface area contributed by atoms with Gasteiger partial charge in [-0.2, -0.15) is 18.3 Å². The Morgan fingerprint density at radius 1 is 0.860 bits per heavy atom. The van der Waals surface area contributed by atoms with Crippen LogP contribution in [-0.2, 0) is 17.3 Å². The number of anilines is 1. The van der Waals surface area contributed by atoms with E-state index in [-0.39, 0.29) is 29.3 Å². The van der Waals surface area contributed by atoms with Gasteiger partial charge in [-0.3, -0.25) is 4.79 Å². The molecule has 2 saturated carbocycles. The molecule has 1 unspecified atom stereocenters. The van der Waals surface area contributed by atoms with Crippen molar-refractivity contribution in [1.82, 2.24) is 15.1 Å². The number of nitrogens with one attached hydrogen (secondary N) is 2. The monoisotopic (exact) mass is 592 g/mol. The number of carbonyl (C=O) groups is 1. The molecule has 0 bridgehead atoms. The van der Waals surface area contributed by atoms with E-state index in [0.29, 0.717) is 11.4 Å². The molecule has 3 aliphatic rings.